The first kappa shape index (κ1) is 15.6. The van der Waals surface area contributed by atoms with E-state index in [4.69, 9.17) is 5.73 Å². The molecule has 4 heteroatoms. The van der Waals surface area contributed by atoms with Gasteiger partial charge in [0.2, 0.25) is 0 Å². The highest BCUT2D eigenvalue weighted by Crippen LogP contribution is 2.23. The number of benzene rings is 1. The van der Waals surface area contributed by atoms with E-state index < -0.39 is 0 Å². The summed E-state index contributed by atoms with van der Waals surface area (Å²) in [5.74, 6) is 0.722. The van der Waals surface area contributed by atoms with E-state index in [1.54, 1.807) is 0 Å². The van der Waals surface area contributed by atoms with Crippen molar-refractivity contribution in [3.63, 3.8) is 0 Å². The van der Waals surface area contributed by atoms with Gasteiger partial charge in [0.05, 0.1) is 6.54 Å². The largest absolute Gasteiger partial charge is 0.370 e. The van der Waals surface area contributed by atoms with E-state index in [9.17, 15) is 0 Å². The molecule has 2 N–H and O–H groups in total. The minimum Gasteiger partial charge on any atom is -0.370 e. The molecule has 0 saturated carbocycles. The number of likely N-dealkylation sites (tertiary alicyclic amines) is 1. The summed E-state index contributed by atoms with van der Waals surface area (Å²) in [4.78, 5) is 6.78. The standard InChI is InChI=1S/C16H23N3.HI/c17-16(19-9-2-1-3-10-19)18-12-13-7-8-14-5-4-6-15(14)11-13;/h7-8,11H,1-6,9-10,12H2,(H2,17,18);1H. The van der Waals surface area contributed by atoms with Crippen LogP contribution in [-0.2, 0) is 19.4 Å². The zero-order valence-electron chi connectivity index (χ0n) is 12.0. The topological polar surface area (TPSA) is 41.6 Å². The molecule has 3 nitrogen and oxygen atoms in total. The Balaban J connectivity index is 0.00000147. The molecule has 3 rings (SSSR count). The number of hydrogen-bond donors (Lipinski definition) is 1. The van der Waals surface area contributed by atoms with Crippen LogP contribution in [0.3, 0.4) is 0 Å². The van der Waals surface area contributed by atoms with Gasteiger partial charge in [-0.3, -0.25) is 0 Å². The molecule has 0 unspecified atom stereocenters. The Hall–Kier alpha value is -0.780. The highest BCUT2D eigenvalue weighted by Gasteiger charge is 2.13. The van der Waals surface area contributed by atoms with E-state index >= 15 is 0 Å². The predicted octanol–water partition coefficient (Wildman–Crippen LogP) is 3.09. The Bertz CT molecular complexity index is 479. The first-order valence-corrected chi connectivity index (χ1v) is 7.48. The van der Waals surface area contributed by atoms with E-state index in [-0.39, 0.29) is 24.0 Å². The van der Waals surface area contributed by atoms with Gasteiger partial charge in [-0.15, -0.1) is 24.0 Å². The van der Waals surface area contributed by atoms with Crippen molar-refractivity contribution in [1.29, 1.82) is 0 Å². The fourth-order valence-corrected chi connectivity index (χ4v) is 3.12. The molecule has 1 aliphatic heterocycles. The van der Waals surface area contributed by atoms with Crippen LogP contribution in [0.4, 0.5) is 0 Å². The highest BCUT2D eigenvalue weighted by atomic mass is 127. The summed E-state index contributed by atoms with van der Waals surface area (Å²) in [6.45, 7) is 2.86. The molecule has 1 fully saturated rings. The molecule has 1 saturated heterocycles. The van der Waals surface area contributed by atoms with Gasteiger partial charge in [-0.05, 0) is 55.2 Å². The van der Waals surface area contributed by atoms with Gasteiger partial charge in [-0.2, -0.15) is 0 Å². The second-order valence-electron chi connectivity index (χ2n) is 5.68. The number of aliphatic imine (C=N–C) groups is 1. The van der Waals surface area contributed by atoms with Gasteiger partial charge in [-0.25, -0.2) is 4.99 Å². The number of rotatable bonds is 2. The lowest BCUT2D eigenvalue weighted by atomic mass is 10.1. The molecule has 0 bridgehead atoms. The molecule has 0 radical (unpaired) electrons. The molecule has 110 valence electrons. The number of fused-ring (bicyclic) bond motifs is 1. The molecule has 1 aromatic carbocycles. The van der Waals surface area contributed by atoms with Crippen molar-refractivity contribution in [1.82, 2.24) is 4.90 Å². The van der Waals surface area contributed by atoms with Gasteiger partial charge < -0.3 is 10.6 Å². The van der Waals surface area contributed by atoms with E-state index in [1.807, 2.05) is 0 Å². The summed E-state index contributed by atoms with van der Waals surface area (Å²) >= 11 is 0. The maximum absolute atomic E-state index is 6.08. The number of piperidine rings is 1. The fourth-order valence-electron chi connectivity index (χ4n) is 3.12. The summed E-state index contributed by atoms with van der Waals surface area (Å²) < 4.78 is 0. The molecule has 1 aromatic rings. The molecule has 2 aliphatic rings. The van der Waals surface area contributed by atoms with Gasteiger partial charge in [-0.1, -0.05) is 18.2 Å². The minimum atomic E-state index is 0. The van der Waals surface area contributed by atoms with E-state index in [1.165, 1.54) is 55.2 Å². The summed E-state index contributed by atoms with van der Waals surface area (Å²) in [5, 5.41) is 0. The first-order valence-electron chi connectivity index (χ1n) is 7.48. The van der Waals surface area contributed by atoms with Gasteiger partial charge in [0, 0.05) is 13.1 Å². The van der Waals surface area contributed by atoms with E-state index in [2.05, 4.69) is 28.1 Å². The Morgan fingerprint density at radius 2 is 1.80 bits per heavy atom. The molecule has 0 atom stereocenters. The van der Waals surface area contributed by atoms with Crippen LogP contribution in [0.15, 0.2) is 23.2 Å². The third-order valence-electron chi connectivity index (χ3n) is 4.27. The van der Waals surface area contributed by atoms with Crippen LogP contribution in [0, 0.1) is 0 Å². The van der Waals surface area contributed by atoms with Crippen molar-refractivity contribution in [2.45, 2.75) is 45.1 Å². The summed E-state index contributed by atoms with van der Waals surface area (Å²) in [5.41, 5.74) is 10.4. The monoisotopic (exact) mass is 385 g/mol. The molecular weight excluding hydrogens is 361 g/mol. The van der Waals surface area contributed by atoms with Crippen molar-refractivity contribution >= 4 is 29.9 Å². The van der Waals surface area contributed by atoms with Gasteiger partial charge >= 0.3 is 0 Å². The van der Waals surface area contributed by atoms with Crippen LogP contribution in [0.5, 0.6) is 0 Å². The Morgan fingerprint density at radius 1 is 1.05 bits per heavy atom. The van der Waals surface area contributed by atoms with Crippen molar-refractivity contribution in [3.05, 3.63) is 34.9 Å². The van der Waals surface area contributed by atoms with Crippen molar-refractivity contribution in [2.24, 2.45) is 10.7 Å². The average molecular weight is 385 g/mol. The van der Waals surface area contributed by atoms with Gasteiger partial charge in [0.25, 0.3) is 0 Å². The zero-order chi connectivity index (χ0) is 13.1. The molecular formula is C16H24IN3. The fraction of sp³-hybridized carbons (Fsp3) is 0.562. The van der Waals surface area contributed by atoms with E-state index in [0.717, 1.165) is 25.6 Å². The molecule has 1 aliphatic carbocycles. The van der Waals surface area contributed by atoms with Crippen molar-refractivity contribution < 1.29 is 0 Å². The first-order chi connectivity index (χ1) is 9.33. The van der Waals surface area contributed by atoms with Gasteiger partial charge in [0.1, 0.15) is 0 Å². The highest BCUT2D eigenvalue weighted by molar-refractivity contribution is 14.0. The Morgan fingerprint density at radius 3 is 2.60 bits per heavy atom. The summed E-state index contributed by atoms with van der Waals surface area (Å²) in [6, 6.07) is 6.79. The van der Waals surface area contributed by atoms with E-state index in [0.29, 0.717) is 0 Å². The maximum Gasteiger partial charge on any atom is 0.191 e. The van der Waals surface area contributed by atoms with Crippen LogP contribution in [-0.4, -0.2) is 23.9 Å². The SMILES string of the molecule is I.NC(=NCc1ccc2c(c1)CCC2)N1CCCCC1. The average Bonchev–Trinajstić information content (AvgIpc) is 2.93. The summed E-state index contributed by atoms with van der Waals surface area (Å²) in [6.07, 6.45) is 7.60. The van der Waals surface area contributed by atoms with Crippen LogP contribution in [0.2, 0.25) is 0 Å². The summed E-state index contributed by atoms with van der Waals surface area (Å²) in [7, 11) is 0. The second-order valence-corrected chi connectivity index (χ2v) is 5.68. The third kappa shape index (κ3) is 3.65. The van der Waals surface area contributed by atoms with Crippen LogP contribution >= 0.6 is 24.0 Å². The minimum absolute atomic E-state index is 0. The molecule has 0 amide bonds. The number of nitrogens with two attached hydrogens (primary N) is 1. The molecule has 0 spiro atoms. The number of nitrogens with zero attached hydrogens (tertiary/aromatic N) is 2. The van der Waals surface area contributed by atoms with Crippen molar-refractivity contribution in [2.75, 3.05) is 13.1 Å². The quantitative estimate of drug-likeness (QED) is 0.483. The lowest BCUT2D eigenvalue weighted by Gasteiger charge is -2.27. The smallest absolute Gasteiger partial charge is 0.191 e. The predicted molar refractivity (Wildman–Crippen MR) is 94.6 cm³/mol. The number of halogens is 1. The van der Waals surface area contributed by atoms with Gasteiger partial charge in [0.15, 0.2) is 5.96 Å². The van der Waals surface area contributed by atoms with Crippen LogP contribution in [0.25, 0.3) is 0 Å². The number of guanidine groups is 1. The Labute approximate surface area is 138 Å². The lowest BCUT2D eigenvalue weighted by Crippen LogP contribution is -2.40. The Kier molecular flexibility index (Phi) is 5.69. The molecule has 1 heterocycles. The van der Waals surface area contributed by atoms with Crippen LogP contribution in [0.1, 0.15) is 42.4 Å². The second kappa shape index (κ2) is 7.29. The lowest BCUT2D eigenvalue weighted by molar-refractivity contribution is 0.338. The third-order valence-corrected chi connectivity index (χ3v) is 4.27. The number of aryl methyl sites for hydroxylation is 2. The normalized spacial score (nSPS) is 18.6. The van der Waals surface area contributed by atoms with Crippen LogP contribution < -0.4 is 5.73 Å². The van der Waals surface area contributed by atoms with Crippen molar-refractivity contribution in [3.8, 4) is 0 Å². The molecule has 0 aromatic heterocycles. The maximum atomic E-state index is 6.08. The molecule has 20 heavy (non-hydrogen) atoms. The number of hydrogen-bond acceptors (Lipinski definition) is 1. The zero-order valence-corrected chi connectivity index (χ0v) is 14.3.